The van der Waals surface area contributed by atoms with Gasteiger partial charge >= 0.3 is 5.97 Å². The minimum atomic E-state index is -1.56. The Kier molecular flexibility index (Phi) is 4.09. The lowest BCUT2D eigenvalue weighted by Gasteiger charge is -2.02. The average molecular weight is 227 g/mol. The maximum Gasteiger partial charge on any atom is 0.343 e. The van der Waals surface area contributed by atoms with Crippen LogP contribution >= 0.6 is 0 Å². The van der Waals surface area contributed by atoms with Gasteiger partial charge in [-0.25, -0.2) is 4.79 Å². The Bertz CT molecular complexity index is 425. The van der Waals surface area contributed by atoms with E-state index in [0.717, 1.165) is 12.1 Å². The number of hydrogen-bond donors (Lipinski definition) is 3. The second-order valence-corrected chi connectivity index (χ2v) is 2.63. The summed E-state index contributed by atoms with van der Waals surface area (Å²) in [5.74, 6) is -2.58. The zero-order valence-corrected chi connectivity index (χ0v) is 8.04. The van der Waals surface area contributed by atoms with Gasteiger partial charge in [0.05, 0.1) is 10.5 Å². The van der Waals surface area contributed by atoms with E-state index in [1.54, 1.807) is 0 Å². The summed E-state index contributed by atoms with van der Waals surface area (Å²) in [4.78, 5) is 31.2. The number of rotatable bonds is 3. The molecular weight excluding hydrogens is 218 g/mol. The Morgan fingerprint density at radius 3 is 2.31 bits per heavy atom. The second-order valence-electron chi connectivity index (χ2n) is 2.63. The molecule has 0 aliphatic carbocycles. The molecule has 0 atom stereocenters. The topological polar surface area (TPSA) is 159 Å². The van der Waals surface area contributed by atoms with Gasteiger partial charge in [0.25, 0.3) is 5.69 Å². The minimum absolute atomic E-state index is 0. The molecule has 8 heteroatoms. The number of nitro benzene ring substituents is 1. The van der Waals surface area contributed by atoms with Gasteiger partial charge in [-0.05, 0) is 6.07 Å². The molecule has 0 saturated carbocycles. The second kappa shape index (κ2) is 4.84. The first-order chi connectivity index (χ1) is 6.95. The fourth-order valence-electron chi connectivity index (χ4n) is 1.12. The Morgan fingerprint density at radius 2 is 1.94 bits per heavy atom. The molecule has 1 aromatic rings. The number of nitrogens with zero attached hydrogens (tertiary/aromatic N) is 1. The Labute approximate surface area is 89.4 Å². The van der Waals surface area contributed by atoms with Crippen LogP contribution < -0.4 is 11.9 Å². The molecule has 16 heavy (non-hydrogen) atoms. The zero-order valence-electron chi connectivity index (χ0n) is 8.04. The van der Waals surface area contributed by atoms with Crippen LogP contribution in [-0.4, -0.2) is 21.9 Å². The van der Waals surface area contributed by atoms with Gasteiger partial charge in [-0.3, -0.25) is 14.9 Å². The van der Waals surface area contributed by atoms with Gasteiger partial charge in [0.15, 0.2) is 0 Å². The first kappa shape index (κ1) is 13.5. The minimum Gasteiger partial charge on any atom is -0.477 e. The van der Waals surface area contributed by atoms with Crippen LogP contribution in [0.2, 0.25) is 0 Å². The molecule has 0 bridgehead atoms. The van der Waals surface area contributed by atoms with E-state index in [1.165, 1.54) is 6.07 Å². The summed E-state index contributed by atoms with van der Waals surface area (Å²) in [6.07, 6.45) is 0. The van der Waals surface area contributed by atoms with Crippen LogP contribution in [0.4, 0.5) is 5.69 Å². The highest BCUT2D eigenvalue weighted by Gasteiger charge is 2.25. The summed E-state index contributed by atoms with van der Waals surface area (Å²) in [5.41, 5.74) is 3.18. The third-order valence-electron chi connectivity index (χ3n) is 1.72. The molecule has 1 amide bonds. The van der Waals surface area contributed by atoms with Gasteiger partial charge in [-0.2, -0.15) is 0 Å². The van der Waals surface area contributed by atoms with Crippen LogP contribution in [0.25, 0.3) is 0 Å². The van der Waals surface area contributed by atoms with Crippen molar-refractivity contribution in [2.45, 2.75) is 0 Å². The Hall–Kier alpha value is -2.48. The highest BCUT2D eigenvalue weighted by Crippen LogP contribution is 2.21. The monoisotopic (exact) mass is 227 g/mol. The molecule has 0 aliphatic heterocycles. The molecule has 0 unspecified atom stereocenters. The third-order valence-corrected chi connectivity index (χ3v) is 1.72. The van der Waals surface area contributed by atoms with E-state index in [4.69, 9.17) is 10.8 Å². The predicted octanol–water partition coefficient (Wildman–Crippen LogP) is 0.554. The van der Waals surface area contributed by atoms with E-state index in [1.807, 2.05) is 0 Å². The van der Waals surface area contributed by atoms with Gasteiger partial charge in [-0.15, -0.1) is 0 Å². The van der Waals surface area contributed by atoms with Gasteiger partial charge in [0.2, 0.25) is 5.91 Å². The molecule has 6 N–H and O–H groups in total. The Morgan fingerprint density at radius 1 is 1.38 bits per heavy atom. The lowest BCUT2D eigenvalue weighted by Crippen LogP contribution is -2.17. The number of carbonyl (C=O) groups excluding carboxylic acids is 1. The molecule has 8 nitrogen and oxygen atoms in total. The van der Waals surface area contributed by atoms with Crippen LogP contribution in [0.1, 0.15) is 20.7 Å². The fourth-order valence-corrected chi connectivity index (χ4v) is 1.12. The standard InChI is InChI=1S/C8H6N2O5.H3N/c9-7(11)4-2-1-3-5(10(14)15)6(4)8(12)13;/h1-3H,(H2,9,11)(H,12,13);1H3. The van der Waals surface area contributed by atoms with Crippen molar-refractivity contribution in [3.05, 3.63) is 39.4 Å². The van der Waals surface area contributed by atoms with Gasteiger partial charge in [-0.1, -0.05) is 6.07 Å². The summed E-state index contributed by atoms with van der Waals surface area (Å²) in [5, 5.41) is 19.2. The van der Waals surface area contributed by atoms with Gasteiger partial charge in [0.1, 0.15) is 5.56 Å². The summed E-state index contributed by atoms with van der Waals surface area (Å²) < 4.78 is 0. The summed E-state index contributed by atoms with van der Waals surface area (Å²) in [7, 11) is 0. The molecule has 86 valence electrons. The normalized spacial score (nSPS) is 9.00. The lowest BCUT2D eigenvalue weighted by atomic mass is 10.1. The molecule has 0 aromatic heterocycles. The van der Waals surface area contributed by atoms with Crippen LogP contribution in [0.5, 0.6) is 0 Å². The van der Waals surface area contributed by atoms with E-state index in [9.17, 15) is 19.7 Å². The smallest absolute Gasteiger partial charge is 0.343 e. The van der Waals surface area contributed by atoms with Crippen LogP contribution in [0, 0.1) is 10.1 Å². The number of carboxylic acids is 1. The lowest BCUT2D eigenvalue weighted by molar-refractivity contribution is -0.385. The van der Waals surface area contributed by atoms with E-state index in [2.05, 4.69) is 0 Å². The van der Waals surface area contributed by atoms with Crippen LogP contribution in [0.15, 0.2) is 18.2 Å². The van der Waals surface area contributed by atoms with Crippen molar-refractivity contribution in [2.75, 3.05) is 0 Å². The summed E-state index contributed by atoms with van der Waals surface area (Å²) in [6.45, 7) is 0. The van der Waals surface area contributed by atoms with E-state index in [0.29, 0.717) is 0 Å². The van der Waals surface area contributed by atoms with E-state index >= 15 is 0 Å². The number of amides is 1. The van der Waals surface area contributed by atoms with Crippen molar-refractivity contribution >= 4 is 17.6 Å². The predicted molar refractivity (Wildman–Crippen MR) is 53.6 cm³/mol. The molecule has 0 radical (unpaired) electrons. The first-order valence-electron chi connectivity index (χ1n) is 3.75. The molecule has 0 aliphatic rings. The molecular formula is C8H9N3O5. The number of benzene rings is 1. The molecule has 0 fully saturated rings. The molecule has 0 saturated heterocycles. The van der Waals surface area contributed by atoms with Crippen molar-refractivity contribution in [2.24, 2.45) is 5.73 Å². The maximum absolute atomic E-state index is 10.8. The van der Waals surface area contributed by atoms with Crippen molar-refractivity contribution in [3.8, 4) is 0 Å². The quantitative estimate of drug-likeness (QED) is 0.505. The highest BCUT2D eigenvalue weighted by atomic mass is 16.6. The SMILES string of the molecule is N.NC(=O)c1cccc([N+](=O)[O-])c1C(=O)O. The average Bonchev–Trinajstić information content (AvgIpc) is 2.16. The van der Waals surface area contributed by atoms with Gasteiger partial charge < -0.3 is 17.0 Å². The van der Waals surface area contributed by atoms with E-state index < -0.39 is 28.1 Å². The summed E-state index contributed by atoms with van der Waals surface area (Å²) >= 11 is 0. The van der Waals surface area contributed by atoms with Gasteiger partial charge in [0, 0.05) is 6.07 Å². The molecule has 0 heterocycles. The number of hydrogen-bond acceptors (Lipinski definition) is 5. The number of carbonyl (C=O) groups is 2. The van der Waals surface area contributed by atoms with Crippen molar-refractivity contribution < 1.29 is 19.6 Å². The number of aromatic carboxylic acids is 1. The maximum atomic E-state index is 10.8. The van der Waals surface area contributed by atoms with Crippen molar-refractivity contribution in [3.63, 3.8) is 0 Å². The van der Waals surface area contributed by atoms with Crippen molar-refractivity contribution in [1.29, 1.82) is 0 Å². The highest BCUT2D eigenvalue weighted by molar-refractivity contribution is 6.06. The van der Waals surface area contributed by atoms with Crippen LogP contribution in [-0.2, 0) is 0 Å². The number of nitrogens with two attached hydrogens (primary N) is 1. The number of nitro groups is 1. The van der Waals surface area contributed by atoms with Crippen LogP contribution in [0.3, 0.4) is 0 Å². The number of carboxylic acid groups (broad SMARTS) is 1. The molecule has 1 rings (SSSR count). The fraction of sp³-hybridized carbons (Fsp3) is 0. The first-order valence-corrected chi connectivity index (χ1v) is 3.75. The molecule has 0 spiro atoms. The molecule has 1 aromatic carbocycles. The third kappa shape index (κ3) is 2.30. The largest absolute Gasteiger partial charge is 0.477 e. The summed E-state index contributed by atoms with van der Waals surface area (Å²) in [6, 6.07) is 3.32. The number of primary amides is 1. The Balaban J connectivity index is 0.00000225. The van der Waals surface area contributed by atoms with E-state index in [-0.39, 0.29) is 11.7 Å². The zero-order chi connectivity index (χ0) is 11.6. The van der Waals surface area contributed by atoms with Crippen molar-refractivity contribution in [1.82, 2.24) is 6.15 Å².